The fraction of sp³-hybridized carbons (Fsp3) is 0.200. The molecule has 1 aliphatic heterocycles. The SMILES string of the molecule is CCN(CC)c1ccc(C=C2C(=O)NN(c3cccc(Br)c3)C2=O)cc1. The van der Waals surface area contributed by atoms with Crippen molar-refractivity contribution in [2.45, 2.75) is 13.8 Å². The highest BCUT2D eigenvalue weighted by atomic mass is 79.9. The van der Waals surface area contributed by atoms with Gasteiger partial charge in [0.15, 0.2) is 0 Å². The molecule has 0 atom stereocenters. The van der Waals surface area contributed by atoms with Gasteiger partial charge in [0.25, 0.3) is 11.8 Å². The molecule has 2 aromatic rings. The topological polar surface area (TPSA) is 52.7 Å². The number of hydrazine groups is 1. The lowest BCUT2D eigenvalue weighted by molar-refractivity contribution is -0.117. The van der Waals surface area contributed by atoms with Gasteiger partial charge in [0.05, 0.1) is 5.69 Å². The normalized spacial score (nSPS) is 15.5. The number of benzene rings is 2. The molecule has 1 aliphatic rings. The van der Waals surface area contributed by atoms with Crippen molar-refractivity contribution < 1.29 is 9.59 Å². The molecule has 0 bridgehead atoms. The maximum absolute atomic E-state index is 12.7. The highest BCUT2D eigenvalue weighted by Gasteiger charge is 2.34. The summed E-state index contributed by atoms with van der Waals surface area (Å²) in [6.45, 7) is 6.08. The van der Waals surface area contributed by atoms with Crippen molar-refractivity contribution >= 4 is 45.2 Å². The Morgan fingerprint density at radius 1 is 1.08 bits per heavy atom. The maximum atomic E-state index is 12.7. The van der Waals surface area contributed by atoms with E-state index in [-0.39, 0.29) is 11.5 Å². The summed E-state index contributed by atoms with van der Waals surface area (Å²) in [7, 11) is 0. The van der Waals surface area contributed by atoms with Crippen LogP contribution in [0.25, 0.3) is 6.08 Å². The summed E-state index contributed by atoms with van der Waals surface area (Å²) >= 11 is 3.37. The molecular weight excluding hydrogens is 394 g/mol. The number of hydrogen-bond acceptors (Lipinski definition) is 3. The van der Waals surface area contributed by atoms with Gasteiger partial charge in [-0.1, -0.05) is 34.1 Å². The lowest BCUT2D eigenvalue weighted by Crippen LogP contribution is -2.35. The van der Waals surface area contributed by atoms with Crippen LogP contribution in [-0.4, -0.2) is 24.9 Å². The van der Waals surface area contributed by atoms with Gasteiger partial charge in [0, 0.05) is 23.2 Å². The zero-order valence-electron chi connectivity index (χ0n) is 14.7. The quantitative estimate of drug-likeness (QED) is 0.599. The number of carbonyl (C=O) groups is 2. The van der Waals surface area contributed by atoms with Crippen LogP contribution in [0.5, 0.6) is 0 Å². The molecule has 0 aliphatic carbocycles. The fourth-order valence-electron chi connectivity index (χ4n) is 2.89. The van der Waals surface area contributed by atoms with E-state index in [1.807, 2.05) is 36.4 Å². The summed E-state index contributed by atoms with van der Waals surface area (Å²) in [5.74, 6) is -0.760. The zero-order chi connectivity index (χ0) is 18.7. The van der Waals surface area contributed by atoms with E-state index in [4.69, 9.17) is 0 Å². The molecule has 0 spiro atoms. The number of amides is 2. The van der Waals surface area contributed by atoms with Crippen LogP contribution in [0.1, 0.15) is 19.4 Å². The van der Waals surface area contributed by atoms with Gasteiger partial charge >= 0.3 is 0 Å². The number of hydrogen-bond donors (Lipinski definition) is 1. The number of nitrogens with one attached hydrogen (secondary N) is 1. The van der Waals surface area contributed by atoms with Crippen LogP contribution in [0.3, 0.4) is 0 Å². The van der Waals surface area contributed by atoms with Crippen LogP contribution in [0.4, 0.5) is 11.4 Å². The van der Waals surface area contributed by atoms with E-state index >= 15 is 0 Å². The van der Waals surface area contributed by atoms with Gasteiger partial charge in [-0.2, -0.15) is 0 Å². The Morgan fingerprint density at radius 3 is 2.38 bits per heavy atom. The van der Waals surface area contributed by atoms with Crippen molar-refractivity contribution in [1.29, 1.82) is 0 Å². The minimum absolute atomic E-state index is 0.126. The third kappa shape index (κ3) is 3.65. The Balaban J connectivity index is 1.84. The first-order chi connectivity index (χ1) is 12.5. The summed E-state index contributed by atoms with van der Waals surface area (Å²) in [4.78, 5) is 27.1. The van der Waals surface area contributed by atoms with Crippen molar-refractivity contribution in [1.82, 2.24) is 5.43 Å². The standard InChI is InChI=1S/C20H20BrN3O2/c1-3-23(4-2)16-10-8-14(9-11-16)12-18-19(25)22-24(20(18)26)17-7-5-6-15(21)13-17/h5-13H,3-4H2,1-2H3,(H,22,25). The molecule has 1 saturated heterocycles. The molecule has 5 nitrogen and oxygen atoms in total. The summed E-state index contributed by atoms with van der Waals surface area (Å²) in [5, 5.41) is 1.27. The minimum atomic E-state index is -0.400. The van der Waals surface area contributed by atoms with Crippen LogP contribution in [0.2, 0.25) is 0 Å². The van der Waals surface area contributed by atoms with Gasteiger partial charge < -0.3 is 4.90 Å². The van der Waals surface area contributed by atoms with Crippen LogP contribution < -0.4 is 15.3 Å². The first-order valence-corrected chi connectivity index (χ1v) is 9.30. The number of halogens is 1. The molecule has 0 saturated carbocycles. The third-order valence-electron chi connectivity index (χ3n) is 4.29. The average Bonchev–Trinajstić information content (AvgIpc) is 2.92. The number of nitrogens with zero attached hydrogens (tertiary/aromatic N) is 2. The highest BCUT2D eigenvalue weighted by Crippen LogP contribution is 2.24. The Kier molecular flexibility index (Phi) is 5.42. The third-order valence-corrected chi connectivity index (χ3v) is 4.78. The lowest BCUT2D eigenvalue weighted by Gasteiger charge is -2.20. The van der Waals surface area contributed by atoms with Crippen molar-refractivity contribution in [2.24, 2.45) is 0 Å². The maximum Gasteiger partial charge on any atom is 0.282 e. The van der Waals surface area contributed by atoms with Gasteiger partial charge in [-0.25, -0.2) is 5.01 Å². The van der Waals surface area contributed by atoms with E-state index in [1.165, 1.54) is 5.01 Å². The van der Waals surface area contributed by atoms with Crippen molar-refractivity contribution in [2.75, 3.05) is 23.0 Å². The molecule has 134 valence electrons. The smallest absolute Gasteiger partial charge is 0.282 e. The summed E-state index contributed by atoms with van der Waals surface area (Å²) in [6, 6.07) is 15.1. The Morgan fingerprint density at radius 2 is 1.77 bits per heavy atom. The van der Waals surface area contributed by atoms with Crippen molar-refractivity contribution in [3.05, 3.63) is 64.1 Å². The monoisotopic (exact) mass is 413 g/mol. The van der Waals surface area contributed by atoms with Crippen LogP contribution in [0, 0.1) is 0 Å². The molecule has 0 unspecified atom stereocenters. The second-order valence-corrected chi connectivity index (χ2v) is 6.80. The molecule has 1 N–H and O–H groups in total. The van der Waals surface area contributed by atoms with Gasteiger partial charge in [-0.15, -0.1) is 0 Å². The van der Waals surface area contributed by atoms with E-state index in [0.717, 1.165) is 28.8 Å². The molecule has 2 aromatic carbocycles. The van der Waals surface area contributed by atoms with Gasteiger partial charge in [0.2, 0.25) is 0 Å². The predicted octanol–water partition coefficient (Wildman–Crippen LogP) is 3.76. The van der Waals surface area contributed by atoms with Crippen LogP contribution >= 0.6 is 15.9 Å². The summed E-state index contributed by atoms with van der Waals surface area (Å²) in [5.41, 5.74) is 5.28. The Hall–Kier alpha value is -2.60. The molecule has 0 aromatic heterocycles. The predicted molar refractivity (Wildman–Crippen MR) is 108 cm³/mol. The molecule has 26 heavy (non-hydrogen) atoms. The molecule has 0 radical (unpaired) electrons. The van der Waals surface area contributed by atoms with Crippen molar-refractivity contribution in [3.8, 4) is 0 Å². The molecule has 1 heterocycles. The average molecular weight is 414 g/mol. The molecule has 6 heteroatoms. The Bertz CT molecular complexity index is 858. The number of carbonyl (C=O) groups excluding carboxylic acids is 2. The first kappa shape index (κ1) is 18.2. The van der Waals surface area contributed by atoms with E-state index in [9.17, 15) is 9.59 Å². The van der Waals surface area contributed by atoms with E-state index in [1.54, 1.807) is 18.2 Å². The van der Waals surface area contributed by atoms with Crippen LogP contribution in [0.15, 0.2) is 58.6 Å². The second kappa shape index (κ2) is 7.74. The molecule has 3 rings (SSSR count). The van der Waals surface area contributed by atoms with E-state index in [0.29, 0.717) is 5.69 Å². The molecular formula is C20H20BrN3O2. The molecule has 2 amide bonds. The zero-order valence-corrected chi connectivity index (χ0v) is 16.3. The number of rotatable bonds is 5. The van der Waals surface area contributed by atoms with Crippen molar-refractivity contribution in [3.63, 3.8) is 0 Å². The lowest BCUT2D eigenvalue weighted by atomic mass is 10.1. The first-order valence-electron chi connectivity index (χ1n) is 8.51. The summed E-state index contributed by atoms with van der Waals surface area (Å²) < 4.78 is 0.835. The highest BCUT2D eigenvalue weighted by molar-refractivity contribution is 9.10. The largest absolute Gasteiger partial charge is 0.372 e. The second-order valence-electron chi connectivity index (χ2n) is 5.88. The molecule has 1 fully saturated rings. The number of anilines is 2. The van der Waals surface area contributed by atoms with Crippen LogP contribution in [-0.2, 0) is 9.59 Å². The minimum Gasteiger partial charge on any atom is -0.372 e. The van der Waals surface area contributed by atoms with Gasteiger partial charge in [0.1, 0.15) is 5.57 Å². The van der Waals surface area contributed by atoms with E-state index < -0.39 is 5.91 Å². The van der Waals surface area contributed by atoms with Gasteiger partial charge in [-0.05, 0) is 55.8 Å². The van der Waals surface area contributed by atoms with E-state index in [2.05, 4.69) is 40.1 Å². The Labute approximate surface area is 161 Å². The fourth-order valence-corrected chi connectivity index (χ4v) is 3.28. The summed E-state index contributed by atoms with van der Waals surface area (Å²) in [6.07, 6.45) is 1.63. The van der Waals surface area contributed by atoms with Gasteiger partial charge in [-0.3, -0.25) is 15.0 Å².